The molecule has 0 saturated carbocycles. The number of benzene rings is 2. The Morgan fingerprint density at radius 3 is 2.28 bits per heavy atom. The number of rotatable bonds is 4. The third kappa shape index (κ3) is 6.38. The molecule has 12 heteroatoms. The lowest BCUT2D eigenvalue weighted by molar-refractivity contribution is -0.137. The van der Waals surface area contributed by atoms with Gasteiger partial charge in [-0.1, -0.05) is 23.9 Å². The molecule has 2 aromatic heterocycles. The van der Waals surface area contributed by atoms with Crippen molar-refractivity contribution in [1.82, 2.24) is 9.97 Å². The zero-order valence-corrected chi connectivity index (χ0v) is 24.0. The zero-order chi connectivity index (χ0) is 28.9. The van der Waals surface area contributed by atoms with Crippen molar-refractivity contribution in [3.05, 3.63) is 41.7 Å². The molecular weight excluding hydrogens is 554 g/mol. The van der Waals surface area contributed by atoms with Gasteiger partial charge in [-0.15, -0.1) is 11.3 Å². The van der Waals surface area contributed by atoms with Crippen molar-refractivity contribution < 1.29 is 31.8 Å². The number of anilines is 1. The van der Waals surface area contributed by atoms with Crippen LogP contribution < -0.4 is 10.1 Å². The second kappa shape index (κ2) is 10.1. The van der Waals surface area contributed by atoms with Crippen LogP contribution in [0.2, 0.25) is 0 Å². The number of hydrogen-bond donors (Lipinski definition) is 1. The minimum Gasteiger partial charge on any atom is -0.471 e. The first-order chi connectivity index (χ1) is 18.0. The molecule has 1 amide bonds. The molecule has 0 aliphatic carbocycles. The van der Waals surface area contributed by atoms with Crippen LogP contribution in [-0.4, -0.2) is 33.5 Å². The van der Waals surface area contributed by atoms with E-state index < -0.39 is 40.4 Å². The molecular formula is C27H27F4N3O3S2. The van der Waals surface area contributed by atoms with E-state index in [1.807, 2.05) is 0 Å². The standard InChI is InChI=1S/C27H27F4N3O3S2/c1-25(2,3)36-22-15-11-16(27(29,30)31)19(20(28)21(15)33-23(34-22)38-7)13-9-8-10-17-14(13)12-18(39-17)32-24(35)37-26(4,5)6/h8-12H,1-7H3,(H,32,35). The van der Waals surface area contributed by atoms with Crippen LogP contribution >= 0.6 is 23.1 Å². The summed E-state index contributed by atoms with van der Waals surface area (Å²) in [5, 5.41) is 3.26. The lowest BCUT2D eigenvalue weighted by Gasteiger charge is -2.23. The van der Waals surface area contributed by atoms with Crippen LogP contribution in [0, 0.1) is 5.82 Å². The number of thiophene rings is 1. The maximum atomic E-state index is 16.3. The summed E-state index contributed by atoms with van der Waals surface area (Å²) in [6.07, 6.45) is -3.94. The van der Waals surface area contributed by atoms with Gasteiger partial charge in [0.2, 0.25) is 5.88 Å². The Morgan fingerprint density at radius 1 is 1.00 bits per heavy atom. The van der Waals surface area contributed by atoms with E-state index in [1.54, 1.807) is 53.9 Å². The smallest absolute Gasteiger partial charge is 0.417 e. The quantitative estimate of drug-likeness (QED) is 0.147. The highest BCUT2D eigenvalue weighted by Crippen LogP contribution is 2.46. The number of nitrogens with one attached hydrogen (secondary N) is 1. The molecule has 2 aromatic carbocycles. The Kier molecular flexibility index (Phi) is 7.50. The molecule has 4 rings (SSSR count). The minimum atomic E-state index is -4.91. The summed E-state index contributed by atoms with van der Waals surface area (Å²) in [5.41, 5.74) is -3.65. The van der Waals surface area contributed by atoms with Gasteiger partial charge in [0, 0.05) is 15.6 Å². The first-order valence-corrected chi connectivity index (χ1v) is 13.9. The second-order valence-electron chi connectivity index (χ2n) is 10.7. The van der Waals surface area contributed by atoms with Gasteiger partial charge in [0.25, 0.3) is 0 Å². The molecule has 0 aliphatic rings. The average molecular weight is 582 g/mol. The summed E-state index contributed by atoms with van der Waals surface area (Å²) in [6, 6.07) is 6.97. The molecule has 6 nitrogen and oxygen atoms in total. The van der Waals surface area contributed by atoms with E-state index in [0.717, 1.165) is 29.2 Å². The van der Waals surface area contributed by atoms with Crippen LogP contribution in [0.4, 0.5) is 27.4 Å². The highest BCUT2D eigenvalue weighted by molar-refractivity contribution is 7.98. The van der Waals surface area contributed by atoms with Crippen molar-refractivity contribution in [1.29, 1.82) is 0 Å². The number of alkyl halides is 3. The normalized spacial score (nSPS) is 12.7. The van der Waals surface area contributed by atoms with Crippen molar-refractivity contribution >= 4 is 55.2 Å². The fourth-order valence-corrected chi connectivity index (χ4v) is 5.20. The Balaban J connectivity index is 1.97. The van der Waals surface area contributed by atoms with E-state index in [0.29, 0.717) is 15.1 Å². The number of hydrogen-bond acceptors (Lipinski definition) is 7. The van der Waals surface area contributed by atoms with Crippen LogP contribution in [0.25, 0.3) is 32.1 Å². The Labute approximate surface area is 231 Å². The number of fused-ring (bicyclic) bond motifs is 2. The molecule has 1 N–H and O–H groups in total. The van der Waals surface area contributed by atoms with Gasteiger partial charge < -0.3 is 9.47 Å². The lowest BCUT2D eigenvalue weighted by Crippen LogP contribution is -2.26. The zero-order valence-electron chi connectivity index (χ0n) is 22.3. The van der Waals surface area contributed by atoms with E-state index >= 15 is 4.39 Å². The summed E-state index contributed by atoms with van der Waals surface area (Å²) in [4.78, 5) is 20.7. The molecule has 0 fully saturated rings. The number of halogens is 4. The summed E-state index contributed by atoms with van der Waals surface area (Å²) in [7, 11) is 0. The lowest BCUT2D eigenvalue weighted by atomic mass is 9.94. The van der Waals surface area contributed by atoms with Gasteiger partial charge in [0.1, 0.15) is 16.7 Å². The first-order valence-electron chi connectivity index (χ1n) is 11.8. The predicted molar refractivity (Wildman–Crippen MR) is 147 cm³/mol. The van der Waals surface area contributed by atoms with Crippen molar-refractivity contribution in [3.63, 3.8) is 0 Å². The number of ether oxygens (including phenoxy) is 2. The molecule has 0 saturated heterocycles. The second-order valence-corrected chi connectivity index (χ2v) is 12.5. The molecule has 4 aromatic rings. The summed E-state index contributed by atoms with van der Waals surface area (Å²) in [5.74, 6) is -1.28. The molecule has 0 atom stereocenters. The molecule has 0 radical (unpaired) electrons. The minimum absolute atomic E-state index is 0.00955. The van der Waals surface area contributed by atoms with Crippen LogP contribution in [-0.2, 0) is 10.9 Å². The van der Waals surface area contributed by atoms with Gasteiger partial charge >= 0.3 is 12.3 Å². The van der Waals surface area contributed by atoms with Gasteiger partial charge in [0.15, 0.2) is 11.0 Å². The predicted octanol–water partition coefficient (Wildman–Crippen LogP) is 8.92. The van der Waals surface area contributed by atoms with Crippen LogP contribution in [0.1, 0.15) is 47.1 Å². The SMILES string of the molecule is CSc1nc(OC(C)(C)C)c2cc(C(F)(F)F)c(-c3cccc4sc(NC(=O)OC(C)(C)C)cc34)c(F)c2n1. The monoisotopic (exact) mass is 581 g/mol. The van der Waals surface area contributed by atoms with E-state index in [1.165, 1.54) is 18.2 Å². The molecule has 0 aliphatic heterocycles. The van der Waals surface area contributed by atoms with Crippen LogP contribution in [0.5, 0.6) is 5.88 Å². The van der Waals surface area contributed by atoms with Crippen LogP contribution in [0.15, 0.2) is 35.5 Å². The Hall–Kier alpha value is -3.12. The van der Waals surface area contributed by atoms with Crippen molar-refractivity contribution in [3.8, 4) is 17.0 Å². The van der Waals surface area contributed by atoms with E-state index in [2.05, 4.69) is 15.3 Å². The summed E-state index contributed by atoms with van der Waals surface area (Å²) in [6.45, 7) is 10.3. The molecule has 0 spiro atoms. The molecule has 0 bridgehead atoms. The number of thioether (sulfide) groups is 1. The Morgan fingerprint density at radius 2 is 1.69 bits per heavy atom. The number of carbonyl (C=O) groups excluding carboxylic acids is 1. The number of carbonyl (C=O) groups is 1. The largest absolute Gasteiger partial charge is 0.471 e. The van der Waals surface area contributed by atoms with Crippen molar-refractivity contribution in [2.45, 2.75) is 64.1 Å². The summed E-state index contributed by atoms with van der Waals surface area (Å²) < 4.78 is 71.3. The third-order valence-corrected chi connectivity index (χ3v) is 6.78. The van der Waals surface area contributed by atoms with E-state index in [9.17, 15) is 18.0 Å². The molecule has 39 heavy (non-hydrogen) atoms. The molecule has 0 unspecified atom stereocenters. The molecule has 2 heterocycles. The third-order valence-electron chi connectivity index (χ3n) is 5.22. The topological polar surface area (TPSA) is 73.3 Å². The highest BCUT2D eigenvalue weighted by Gasteiger charge is 2.38. The number of aromatic nitrogens is 2. The number of amides is 1. The fraction of sp³-hybridized carbons (Fsp3) is 0.370. The first kappa shape index (κ1) is 28.9. The average Bonchev–Trinajstić information content (AvgIpc) is 3.18. The maximum absolute atomic E-state index is 16.3. The maximum Gasteiger partial charge on any atom is 0.417 e. The Bertz CT molecular complexity index is 1570. The van der Waals surface area contributed by atoms with Gasteiger partial charge in [-0.2, -0.15) is 18.2 Å². The molecule has 208 valence electrons. The van der Waals surface area contributed by atoms with E-state index in [-0.39, 0.29) is 27.5 Å². The van der Waals surface area contributed by atoms with Crippen molar-refractivity contribution in [2.24, 2.45) is 0 Å². The van der Waals surface area contributed by atoms with Gasteiger partial charge in [0.05, 0.1) is 16.0 Å². The van der Waals surface area contributed by atoms with Crippen molar-refractivity contribution in [2.75, 3.05) is 11.6 Å². The number of nitrogens with zero attached hydrogens (tertiary/aromatic N) is 2. The summed E-state index contributed by atoms with van der Waals surface area (Å²) >= 11 is 2.25. The van der Waals surface area contributed by atoms with Gasteiger partial charge in [-0.05, 0) is 71.6 Å². The van der Waals surface area contributed by atoms with Gasteiger partial charge in [-0.25, -0.2) is 14.2 Å². The fourth-order valence-electron chi connectivity index (χ4n) is 3.87. The van der Waals surface area contributed by atoms with E-state index in [4.69, 9.17) is 9.47 Å². The highest BCUT2D eigenvalue weighted by atomic mass is 32.2. The van der Waals surface area contributed by atoms with Gasteiger partial charge in [-0.3, -0.25) is 5.32 Å². The van der Waals surface area contributed by atoms with Crippen LogP contribution in [0.3, 0.4) is 0 Å².